The molecule has 0 bridgehead atoms. The average molecular weight is 405 g/mol. The van der Waals surface area contributed by atoms with E-state index in [-0.39, 0.29) is 5.91 Å². The van der Waals surface area contributed by atoms with Crippen molar-refractivity contribution in [2.24, 2.45) is 7.05 Å². The molecule has 3 N–H and O–H groups in total. The first-order valence-corrected chi connectivity index (χ1v) is 10.4. The van der Waals surface area contributed by atoms with E-state index in [0.717, 1.165) is 29.3 Å². The summed E-state index contributed by atoms with van der Waals surface area (Å²) < 4.78 is 1.88. The molecule has 1 saturated carbocycles. The van der Waals surface area contributed by atoms with E-state index in [2.05, 4.69) is 26.4 Å². The lowest BCUT2D eigenvalue weighted by Crippen LogP contribution is -2.50. The molecule has 1 fully saturated rings. The van der Waals surface area contributed by atoms with Crippen LogP contribution >= 0.6 is 24.0 Å². The maximum Gasteiger partial charge on any atom is 0.269 e. The Hall–Kier alpha value is -2.13. The van der Waals surface area contributed by atoms with Gasteiger partial charge in [-0.15, -0.1) is 10.2 Å². The predicted molar refractivity (Wildman–Crippen MR) is 110 cm³/mol. The van der Waals surface area contributed by atoms with Gasteiger partial charge in [0.05, 0.1) is 0 Å². The van der Waals surface area contributed by atoms with E-state index >= 15 is 0 Å². The Bertz CT molecular complexity index is 770. The Morgan fingerprint density at radius 2 is 1.96 bits per heavy atom. The smallest absolute Gasteiger partial charge is 0.269 e. The molecule has 0 unspecified atom stereocenters. The Morgan fingerprint density at radius 3 is 2.63 bits per heavy atom. The molecule has 0 radical (unpaired) electrons. The average Bonchev–Trinajstić information content (AvgIpc) is 3.10. The highest BCUT2D eigenvalue weighted by atomic mass is 32.2. The van der Waals surface area contributed by atoms with E-state index in [1.54, 1.807) is 30.2 Å². The number of hydrazine groups is 1. The van der Waals surface area contributed by atoms with Crippen molar-refractivity contribution in [1.82, 2.24) is 30.9 Å². The van der Waals surface area contributed by atoms with Crippen LogP contribution in [0.1, 0.15) is 48.0 Å². The van der Waals surface area contributed by atoms with Crippen molar-refractivity contribution in [3.05, 3.63) is 41.7 Å². The van der Waals surface area contributed by atoms with Crippen LogP contribution in [-0.4, -0.2) is 31.8 Å². The van der Waals surface area contributed by atoms with Crippen molar-refractivity contribution in [3.8, 4) is 0 Å². The number of nitrogens with zero attached hydrogens (tertiary/aromatic N) is 3. The summed E-state index contributed by atoms with van der Waals surface area (Å²) in [5.74, 6) is 0.553. The number of benzene rings is 1. The summed E-state index contributed by atoms with van der Waals surface area (Å²) in [6, 6.07) is 7.90. The van der Waals surface area contributed by atoms with Crippen LogP contribution in [0.3, 0.4) is 0 Å². The largest absolute Gasteiger partial charge is 0.359 e. The van der Waals surface area contributed by atoms with Crippen LogP contribution in [0.2, 0.25) is 0 Å². The van der Waals surface area contributed by atoms with E-state index in [9.17, 15) is 4.79 Å². The maximum absolute atomic E-state index is 12.3. The first-order valence-electron chi connectivity index (χ1n) is 9.04. The van der Waals surface area contributed by atoms with Gasteiger partial charge in [-0.1, -0.05) is 43.2 Å². The maximum atomic E-state index is 12.3. The van der Waals surface area contributed by atoms with Gasteiger partial charge in [-0.05, 0) is 42.8 Å². The summed E-state index contributed by atoms with van der Waals surface area (Å²) in [5, 5.41) is 12.5. The van der Waals surface area contributed by atoms with Gasteiger partial charge < -0.3 is 9.88 Å². The van der Waals surface area contributed by atoms with Crippen LogP contribution in [0.25, 0.3) is 0 Å². The first-order chi connectivity index (χ1) is 13.1. The van der Waals surface area contributed by atoms with Gasteiger partial charge in [0.2, 0.25) is 0 Å². The molecule has 0 aliphatic heterocycles. The zero-order valence-corrected chi connectivity index (χ0v) is 16.9. The molecule has 144 valence electrons. The van der Waals surface area contributed by atoms with Crippen molar-refractivity contribution < 1.29 is 4.79 Å². The third-order valence-corrected chi connectivity index (χ3v) is 5.81. The summed E-state index contributed by atoms with van der Waals surface area (Å²) in [6.45, 7) is 0. The minimum absolute atomic E-state index is 0.213. The van der Waals surface area contributed by atoms with Crippen molar-refractivity contribution in [2.75, 3.05) is 0 Å². The Balaban J connectivity index is 1.43. The van der Waals surface area contributed by atoms with Crippen LogP contribution in [0.4, 0.5) is 0 Å². The number of aryl methyl sites for hydroxylation is 1. The summed E-state index contributed by atoms with van der Waals surface area (Å²) in [4.78, 5) is 12.3. The molecule has 2 aromatic rings. The van der Waals surface area contributed by atoms with Crippen molar-refractivity contribution in [3.63, 3.8) is 0 Å². The SMILES string of the molecule is Cn1cnnc1SCc1ccc(C(=O)NNC(=S)NC2CCCCC2)cc1. The monoisotopic (exact) mass is 404 g/mol. The van der Waals surface area contributed by atoms with E-state index in [1.165, 1.54) is 19.3 Å². The number of hydrogen-bond acceptors (Lipinski definition) is 5. The first kappa shape index (κ1) is 19.6. The number of nitrogens with one attached hydrogen (secondary N) is 3. The number of hydrogen-bond donors (Lipinski definition) is 3. The molecular weight excluding hydrogens is 380 g/mol. The minimum atomic E-state index is -0.213. The topological polar surface area (TPSA) is 83.9 Å². The third kappa shape index (κ3) is 5.93. The number of thioether (sulfide) groups is 1. The molecule has 3 rings (SSSR count). The molecule has 1 amide bonds. The normalized spacial score (nSPS) is 14.6. The van der Waals surface area contributed by atoms with Crippen LogP contribution < -0.4 is 16.2 Å². The van der Waals surface area contributed by atoms with Crippen molar-refractivity contribution >= 4 is 35.0 Å². The summed E-state index contributed by atoms with van der Waals surface area (Å²) in [6.07, 6.45) is 7.69. The summed E-state index contributed by atoms with van der Waals surface area (Å²) in [7, 11) is 1.91. The van der Waals surface area contributed by atoms with Gasteiger partial charge in [0.25, 0.3) is 5.91 Å². The number of amides is 1. The number of thiocarbonyl (C=S) groups is 1. The van der Waals surface area contributed by atoms with Crippen LogP contribution in [-0.2, 0) is 12.8 Å². The second-order valence-corrected chi connectivity index (χ2v) is 7.95. The third-order valence-electron chi connectivity index (χ3n) is 4.48. The van der Waals surface area contributed by atoms with Gasteiger partial charge in [-0.3, -0.25) is 15.6 Å². The molecule has 9 heteroatoms. The summed E-state index contributed by atoms with van der Waals surface area (Å²) in [5.41, 5.74) is 7.13. The fourth-order valence-corrected chi connectivity index (χ4v) is 4.02. The molecule has 27 heavy (non-hydrogen) atoms. The van der Waals surface area contributed by atoms with Gasteiger partial charge in [0.15, 0.2) is 10.3 Å². The van der Waals surface area contributed by atoms with Crippen LogP contribution in [0.5, 0.6) is 0 Å². The predicted octanol–water partition coefficient (Wildman–Crippen LogP) is 2.55. The molecule has 1 aromatic carbocycles. The van der Waals surface area contributed by atoms with Gasteiger partial charge in [0.1, 0.15) is 6.33 Å². The second kappa shape index (κ2) is 9.70. The standard InChI is InChI=1S/C18H24N6OS2/c1-24-12-19-23-18(24)27-11-13-7-9-14(10-8-13)16(25)21-22-17(26)20-15-5-3-2-4-6-15/h7-10,12,15H,2-6,11H2,1H3,(H,21,25)(H2,20,22,26). The Morgan fingerprint density at radius 1 is 1.22 bits per heavy atom. The summed E-state index contributed by atoms with van der Waals surface area (Å²) >= 11 is 6.86. The van der Waals surface area contributed by atoms with Gasteiger partial charge in [-0.2, -0.15) is 0 Å². The molecule has 1 heterocycles. The number of rotatable bonds is 5. The molecule has 0 atom stereocenters. The highest BCUT2D eigenvalue weighted by Gasteiger charge is 2.14. The minimum Gasteiger partial charge on any atom is -0.359 e. The van der Waals surface area contributed by atoms with Crippen molar-refractivity contribution in [1.29, 1.82) is 0 Å². The highest BCUT2D eigenvalue weighted by Crippen LogP contribution is 2.20. The number of carbonyl (C=O) groups excluding carboxylic acids is 1. The van der Waals surface area contributed by atoms with Gasteiger partial charge in [0, 0.05) is 24.4 Å². The molecule has 1 aliphatic carbocycles. The second-order valence-electron chi connectivity index (χ2n) is 6.60. The molecule has 1 aromatic heterocycles. The van der Waals surface area contributed by atoms with Gasteiger partial charge in [-0.25, -0.2) is 0 Å². The fourth-order valence-electron chi connectivity index (χ4n) is 2.96. The molecule has 1 aliphatic rings. The Kier molecular flexibility index (Phi) is 7.05. The zero-order valence-electron chi connectivity index (χ0n) is 15.3. The lowest BCUT2D eigenvalue weighted by atomic mass is 9.96. The van der Waals surface area contributed by atoms with E-state index < -0.39 is 0 Å². The van der Waals surface area contributed by atoms with E-state index in [0.29, 0.717) is 16.7 Å². The highest BCUT2D eigenvalue weighted by molar-refractivity contribution is 7.98. The fraction of sp³-hybridized carbons (Fsp3) is 0.444. The number of carbonyl (C=O) groups is 1. The van der Waals surface area contributed by atoms with Crippen molar-refractivity contribution in [2.45, 2.75) is 49.1 Å². The lowest BCUT2D eigenvalue weighted by molar-refractivity contribution is 0.0943. The molecule has 0 spiro atoms. The number of aromatic nitrogens is 3. The van der Waals surface area contributed by atoms with E-state index in [4.69, 9.17) is 12.2 Å². The molecule has 7 nitrogen and oxygen atoms in total. The molecular formula is C18H24N6OS2. The van der Waals surface area contributed by atoms with Crippen LogP contribution in [0, 0.1) is 0 Å². The van der Waals surface area contributed by atoms with Gasteiger partial charge >= 0.3 is 0 Å². The Labute approximate surface area is 168 Å². The molecule has 0 saturated heterocycles. The van der Waals surface area contributed by atoms with Crippen LogP contribution in [0.15, 0.2) is 35.7 Å². The lowest BCUT2D eigenvalue weighted by Gasteiger charge is -2.24. The zero-order chi connectivity index (χ0) is 19.1. The quantitative estimate of drug-likeness (QED) is 0.401. The van der Waals surface area contributed by atoms with E-state index in [1.807, 2.05) is 23.7 Å².